The summed E-state index contributed by atoms with van der Waals surface area (Å²) >= 11 is 0. The molecule has 0 spiro atoms. The number of rotatable bonds is 5. The van der Waals surface area contributed by atoms with Gasteiger partial charge in [-0.3, -0.25) is 4.79 Å². The first-order valence-corrected chi connectivity index (χ1v) is 6.26. The average Bonchev–Trinajstić information content (AvgIpc) is 2.13. The molecule has 0 aromatic heterocycles. The van der Waals surface area contributed by atoms with Crippen molar-refractivity contribution in [3.8, 4) is 0 Å². The van der Waals surface area contributed by atoms with Crippen LogP contribution in [0.3, 0.4) is 0 Å². The Morgan fingerprint density at radius 1 is 1.22 bits per heavy atom. The van der Waals surface area contributed by atoms with E-state index in [0.29, 0.717) is 0 Å². The first kappa shape index (κ1) is 16.7. The molecule has 0 rings (SSSR count). The topological polar surface area (TPSA) is 66.8 Å². The van der Waals surface area contributed by atoms with Crippen molar-refractivity contribution in [2.75, 3.05) is 6.54 Å². The lowest BCUT2D eigenvalue weighted by Crippen LogP contribution is -2.45. The molecule has 1 amide bonds. The Hall–Kier alpha value is -1.26. The predicted octanol–water partition coefficient (Wildman–Crippen LogP) is 2.74. The molecule has 0 aliphatic heterocycles. The van der Waals surface area contributed by atoms with Crippen molar-refractivity contribution in [2.24, 2.45) is 5.92 Å². The second kappa shape index (κ2) is 6.61. The number of carboxylic acid groups (broad SMARTS) is 1. The highest BCUT2D eigenvalue weighted by molar-refractivity contribution is 5.71. The fourth-order valence-electron chi connectivity index (χ4n) is 1.36. The monoisotopic (exact) mass is 259 g/mol. The van der Waals surface area contributed by atoms with Crippen molar-refractivity contribution in [1.82, 2.24) is 4.90 Å². The minimum Gasteiger partial charge on any atom is -0.481 e. The quantitative estimate of drug-likeness (QED) is 0.824. The third-order valence-electron chi connectivity index (χ3n) is 2.65. The minimum atomic E-state index is -0.917. The molecule has 0 heterocycles. The number of carbonyl (C=O) groups is 2. The number of ether oxygens (including phenoxy) is 1. The van der Waals surface area contributed by atoms with Gasteiger partial charge in [-0.25, -0.2) is 4.79 Å². The van der Waals surface area contributed by atoms with Crippen molar-refractivity contribution < 1.29 is 19.4 Å². The highest BCUT2D eigenvalue weighted by Crippen LogP contribution is 2.16. The second-order valence-electron chi connectivity index (χ2n) is 5.80. The molecule has 0 saturated carbocycles. The lowest BCUT2D eigenvalue weighted by molar-refractivity contribution is -0.137. The standard InChI is InChI=1S/C13H25NO4/c1-9(2)10(3)14(8-7-11(15)16)12(17)18-13(4,5)6/h9-10H,7-8H2,1-6H3,(H,15,16). The predicted molar refractivity (Wildman–Crippen MR) is 69.5 cm³/mol. The fourth-order valence-corrected chi connectivity index (χ4v) is 1.36. The number of aliphatic carboxylic acids is 1. The minimum absolute atomic E-state index is 0.0563. The summed E-state index contributed by atoms with van der Waals surface area (Å²) in [4.78, 5) is 24.1. The molecule has 5 heteroatoms. The van der Waals surface area contributed by atoms with Crippen LogP contribution < -0.4 is 0 Å². The molecule has 1 unspecified atom stereocenters. The van der Waals surface area contributed by atoms with E-state index in [2.05, 4.69) is 0 Å². The van der Waals surface area contributed by atoms with Crippen molar-refractivity contribution in [3.05, 3.63) is 0 Å². The van der Waals surface area contributed by atoms with Gasteiger partial charge in [-0.05, 0) is 33.6 Å². The van der Waals surface area contributed by atoms with Crippen LogP contribution in [0.2, 0.25) is 0 Å². The number of amides is 1. The van der Waals surface area contributed by atoms with Crippen LogP contribution in [0.5, 0.6) is 0 Å². The Balaban J connectivity index is 4.74. The van der Waals surface area contributed by atoms with Crippen molar-refractivity contribution >= 4 is 12.1 Å². The van der Waals surface area contributed by atoms with Crippen molar-refractivity contribution in [3.63, 3.8) is 0 Å². The molecule has 0 aliphatic carbocycles. The zero-order chi connectivity index (χ0) is 14.5. The highest BCUT2D eigenvalue weighted by atomic mass is 16.6. The Morgan fingerprint density at radius 2 is 1.72 bits per heavy atom. The van der Waals surface area contributed by atoms with Gasteiger partial charge in [0.25, 0.3) is 0 Å². The molecular weight excluding hydrogens is 234 g/mol. The molecule has 1 N–H and O–H groups in total. The highest BCUT2D eigenvalue weighted by Gasteiger charge is 2.27. The Kier molecular flexibility index (Phi) is 6.15. The maximum absolute atomic E-state index is 12.0. The summed E-state index contributed by atoms with van der Waals surface area (Å²) in [6.07, 6.45) is -0.527. The fraction of sp³-hybridized carbons (Fsp3) is 0.846. The van der Waals surface area contributed by atoms with Crippen LogP contribution in [-0.4, -0.2) is 40.3 Å². The van der Waals surface area contributed by atoms with Crippen LogP contribution in [-0.2, 0) is 9.53 Å². The molecule has 18 heavy (non-hydrogen) atoms. The third-order valence-corrected chi connectivity index (χ3v) is 2.65. The number of hydrogen-bond donors (Lipinski definition) is 1. The van der Waals surface area contributed by atoms with Gasteiger partial charge in [0.1, 0.15) is 5.60 Å². The smallest absolute Gasteiger partial charge is 0.410 e. The van der Waals surface area contributed by atoms with E-state index in [9.17, 15) is 9.59 Å². The summed E-state index contributed by atoms with van der Waals surface area (Å²) in [5.74, 6) is -0.675. The van der Waals surface area contributed by atoms with E-state index in [4.69, 9.17) is 9.84 Å². The van der Waals surface area contributed by atoms with Gasteiger partial charge >= 0.3 is 12.1 Å². The van der Waals surface area contributed by atoms with Crippen LogP contribution in [0.25, 0.3) is 0 Å². The average molecular weight is 259 g/mol. The third kappa shape index (κ3) is 6.47. The SMILES string of the molecule is CC(C)C(C)N(CCC(=O)O)C(=O)OC(C)(C)C. The maximum atomic E-state index is 12.0. The number of nitrogens with zero attached hydrogens (tertiary/aromatic N) is 1. The van der Waals surface area contributed by atoms with Crippen LogP contribution in [0.4, 0.5) is 4.79 Å². The zero-order valence-electron chi connectivity index (χ0n) is 12.2. The zero-order valence-corrected chi connectivity index (χ0v) is 12.2. The molecule has 0 radical (unpaired) electrons. The number of carboxylic acids is 1. The van der Waals surface area contributed by atoms with Gasteiger partial charge in [0.2, 0.25) is 0 Å². The molecule has 1 atom stereocenters. The van der Waals surface area contributed by atoms with Gasteiger partial charge in [0, 0.05) is 12.6 Å². The summed E-state index contributed by atoms with van der Waals surface area (Å²) in [7, 11) is 0. The van der Waals surface area contributed by atoms with E-state index in [1.165, 1.54) is 4.90 Å². The molecule has 106 valence electrons. The van der Waals surface area contributed by atoms with E-state index in [-0.39, 0.29) is 24.9 Å². The first-order valence-electron chi connectivity index (χ1n) is 6.26. The van der Waals surface area contributed by atoms with Gasteiger partial charge in [0.15, 0.2) is 0 Å². The van der Waals surface area contributed by atoms with Gasteiger partial charge in [0.05, 0.1) is 6.42 Å². The molecule has 5 nitrogen and oxygen atoms in total. The van der Waals surface area contributed by atoms with Gasteiger partial charge in [-0.2, -0.15) is 0 Å². The summed E-state index contributed by atoms with van der Waals surface area (Å²) < 4.78 is 5.30. The molecule has 0 aromatic carbocycles. The molecule has 0 aromatic rings. The maximum Gasteiger partial charge on any atom is 0.410 e. The number of hydrogen-bond acceptors (Lipinski definition) is 3. The van der Waals surface area contributed by atoms with Crippen LogP contribution in [0, 0.1) is 5.92 Å². The summed E-state index contributed by atoms with van der Waals surface area (Å²) in [5.41, 5.74) is -0.574. The van der Waals surface area contributed by atoms with Gasteiger partial charge in [-0.15, -0.1) is 0 Å². The van der Waals surface area contributed by atoms with Gasteiger partial charge < -0.3 is 14.7 Å². The van der Waals surface area contributed by atoms with Crippen molar-refractivity contribution in [1.29, 1.82) is 0 Å². The number of carbonyl (C=O) groups excluding carboxylic acids is 1. The van der Waals surface area contributed by atoms with E-state index >= 15 is 0 Å². The Labute approximate surface area is 109 Å². The largest absolute Gasteiger partial charge is 0.481 e. The first-order chi connectivity index (χ1) is 8.04. The summed E-state index contributed by atoms with van der Waals surface area (Å²) in [5, 5.41) is 8.72. The van der Waals surface area contributed by atoms with E-state index in [1.807, 2.05) is 20.8 Å². The second-order valence-corrected chi connectivity index (χ2v) is 5.80. The van der Waals surface area contributed by atoms with Crippen molar-refractivity contribution in [2.45, 2.75) is 59.6 Å². The molecule has 0 saturated heterocycles. The van der Waals surface area contributed by atoms with Crippen LogP contribution in [0.1, 0.15) is 48.0 Å². The van der Waals surface area contributed by atoms with Crippen LogP contribution >= 0.6 is 0 Å². The van der Waals surface area contributed by atoms with E-state index in [1.54, 1.807) is 20.8 Å². The van der Waals surface area contributed by atoms with E-state index < -0.39 is 17.7 Å². The molecule has 0 bridgehead atoms. The normalized spacial score (nSPS) is 13.3. The molecule has 0 aliphatic rings. The van der Waals surface area contributed by atoms with Gasteiger partial charge in [-0.1, -0.05) is 13.8 Å². The lowest BCUT2D eigenvalue weighted by atomic mass is 10.0. The lowest BCUT2D eigenvalue weighted by Gasteiger charge is -2.33. The Morgan fingerprint density at radius 3 is 2.06 bits per heavy atom. The molecule has 0 fully saturated rings. The molecular formula is C13H25NO4. The Bertz CT molecular complexity index is 294. The summed E-state index contributed by atoms with van der Waals surface area (Å²) in [6, 6.07) is -0.0563. The summed E-state index contributed by atoms with van der Waals surface area (Å²) in [6.45, 7) is 11.4. The van der Waals surface area contributed by atoms with Crippen LogP contribution in [0.15, 0.2) is 0 Å². The van der Waals surface area contributed by atoms with E-state index in [0.717, 1.165) is 0 Å².